The van der Waals surface area contributed by atoms with Gasteiger partial charge in [0.25, 0.3) is 5.56 Å². The van der Waals surface area contributed by atoms with E-state index in [0.29, 0.717) is 16.3 Å². The molecule has 0 radical (unpaired) electrons. The van der Waals surface area contributed by atoms with Crippen molar-refractivity contribution in [1.82, 2.24) is 4.98 Å². The van der Waals surface area contributed by atoms with Crippen LogP contribution in [0.25, 0.3) is 22.0 Å². The Labute approximate surface area is 120 Å². The molecular formula is C16H12N2O3. The Morgan fingerprint density at radius 2 is 1.62 bits per heavy atom. The van der Waals surface area contributed by atoms with Gasteiger partial charge in [-0.25, -0.2) is 0 Å². The van der Waals surface area contributed by atoms with Crippen LogP contribution in [0.5, 0.6) is 0 Å². The zero-order valence-electron chi connectivity index (χ0n) is 11.3. The number of nitrogens with one attached hydrogen (secondary N) is 1. The molecule has 0 aliphatic rings. The third-order valence-corrected chi connectivity index (χ3v) is 3.42. The number of aryl methyl sites for hydroxylation is 1. The standard InChI is InChI=1S/C16H12N2O3/c1-10-6-8-11(9-7-10)14-15(18(20)21)12-4-2-3-5-13(12)16(19)17-14/h2-9H,1H3,(H,17,19). The van der Waals surface area contributed by atoms with Gasteiger partial charge in [0.1, 0.15) is 5.69 Å². The van der Waals surface area contributed by atoms with Gasteiger partial charge in [0.15, 0.2) is 0 Å². The highest BCUT2D eigenvalue weighted by molar-refractivity contribution is 5.95. The summed E-state index contributed by atoms with van der Waals surface area (Å²) in [6.45, 7) is 1.93. The second-order valence-electron chi connectivity index (χ2n) is 4.85. The first-order valence-corrected chi connectivity index (χ1v) is 6.44. The number of fused-ring (bicyclic) bond motifs is 1. The van der Waals surface area contributed by atoms with Crippen LogP contribution in [0.4, 0.5) is 5.69 Å². The largest absolute Gasteiger partial charge is 0.316 e. The number of aromatic nitrogens is 1. The van der Waals surface area contributed by atoms with Crippen LogP contribution in [0, 0.1) is 17.0 Å². The number of rotatable bonds is 2. The van der Waals surface area contributed by atoms with E-state index in [9.17, 15) is 14.9 Å². The third kappa shape index (κ3) is 2.18. The molecule has 3 rings (SSSR count). The van der Waals surface area contributed by atoms with Crippen LogP contribution in [0.3, 0.4) is 0 Å². The van der Waals surface area contributed by atoms with Crippen LogP contribution in [-0.2, 0) is 0 Å². The number of nitro groups is 1. The molecule has 0 atom stereocenters. The lowest BCUT2D eigenvalue weighted by molar-refractivity contribution is -0.382. The van der Waals surface area contributed by atoms with E-state index in [0.717, 1.165) is 5.56 Å². The molecule has 0 saturated carbocycles. The lowest BCUT2D eigenvalue weighted by atomic mass is 10.0. The molecule has 0 bridgehead atoms. The van der Waals surface area contributed by atoms with Crippen molar-refractivity contribution in [2.45, 2.75) is 6.92 Å². The summed E-state index contributed by atoms with van der Waals surface area (Å²) in [5, 5.41) is 12.1. The van der Waals surface area contributed by atoms with Crippen molar-refractivity contribution >= 4 is 16.5 Å². The zero-order chi connectivity index (χ0) is 15.0. The van der Waals surface area contributed by atoms with Crippen LogP contribution >= 0.6 is 0 Å². The van der Waals surface area contributed by atoms with Crippen LogP contribution in [0.15, 0.2) is 53.3 Å². The van der Waals surface area contributed by atoms with Gasteiger partial charge in [-0.05, 0) is 19.1 Å². The molecule has 0 saturated heterocycles. The minimum Gasteiger partial charge on any atom is -0.316 e. The Balaban J connectivity index is 2.42. The first-order valence-electron chi connectivity index (χ1n) is 6.44. The minimum absolute atomic E-state index is 0.0750. The van der Waals surface area contributed by atoms with Gasteiger partial charge in [-0.1, -0.05) is 42.0 Å². The fraction of sp³-hybridized carbons (Fsp3) is 0.0625. The highest BCUT2D eigenvalue weighted by Crippen LogP contribution is 2.32. The summed E-state index contributed by atoms with van der Waals surface area (Å²) in [7, 11) is 0. The predicted octanol–water partition coefficient (Wildman–Crippen LogP) is 3.41. The molecule has 1 aromatic heterocycles. The van der Waals surface area contributed by atoms with Crippen LogP contribution < -0.4 is 5.56 Å². The van der Waals surface area contributed by atoms with Gasteiger partial charge in [-0.3, -0.25) is 14.9 Å². The van der Waals surface area contributed by atoms with Crippen LogP contribution in [0.1, 0.15) is 5.56 Å². The number of H-pyrrole nitrogens is 1. The summed E-state index contributed by atoms with van der Waals surface area (Å²) < 4.78 is 0. The summed E-state index contributed by atoms with van der Waals surface area (Å²) in [6.07, 6.45) is 0. The van der Waals surface area contributed by atoms with Crippen molar-refractivity contribution < 1.29 is 4.92 Å². The van der Waals surface area contributed by atoms with Crippen molar-refractivity contribution in [2.24, 2.45) is 0 Å². The average Bonchev–Trinajstić information content (AvgIpc) is 2.47. The number of aromatic amines is 1. The van der Waals surface area contributed by atoms with Crippen molar-refractivity contribution in [2.75, 3.05) is 0 Å². The summed E-state index contributed by atoms with van der Waals surface area (Å²) in [6, 6.07) is 13.8. The van der Waals surface area contributed by atoms with Gasteiger partial charge in [0, 0.05) is 5.56 Å². The minimum atomic E-state index is -0.451. The Kier molecular flexibility index (Phi) is 3.02. The van der Waals surface area contributed by atoms with Gasteiger partial charge in [0.05, 0.1) is 15.7 Å². The van der Waals surface area contributed by atoms with Crippen molar-refractivity contribution in [3.63, 3.8) is 0 Å². The molecule has 2 aromatic carbocycles. The second-order valence-corrected chi connectivity index (χ2v) is 4.85. The Morgan fingerprint density at radius 3 is 2.24 bits per heavy atom. The molecule has 104 valence electrons. The molecule has 0 spiro atoms. The molecule has 0 aliphatic heterocycles. The smallest absolute Gasteiger partial charge is 0.301 e. The maximum absolute atomic E-state index is 12.1. The molecule has 1 N–H and O–H groups in total. The highest BCUT2D eigenvalue weighted by atomic mass is 16.6. The van der Waals surface area contributed by atoms with E-state index in [-0.39, 0.29) is 16.9 Å². The normalized spacial score (nSPS) is 10.7. The fourth-order valence-corrected chi connectivity index (χ4v) is 2.38. The zero-order valence-corrected chi connectivity index (χ0v) is 11.3. The van der Waals surface area contributed by atoms with E-state index in [4.69, 9.17) is 0 Å². The van der Waals surface area contributed by atoms with E-state index in [2.05, 4.69) is 4.98 Å². The number of hydrogen-bond donors (Lipinski definition) is 1. The molecule has 21 heavy (non-hydrogen) atoms. The third-order valence-electron chi connectivity index (χ3n) is 3.42. The Hall–Kier alpha value is -2.95. The summed E-state index contributed by atoms with van der Waals surface area (Å²) in [4.78, 5) is 25.8. The van der Waals surface area contributed by atoms with Crippen LogP contribution in [0.2, 0.25) is 0 Å². The van der Waals surface area contributed by atoms with E-state index >= 15 is 0 Å². The van der Waals surface area contributed by atoms with Crippen molar-refractivity contribution in [3.8, 4) is 11.3 Å². The average molecular weight is 280 g/mol. The molecule has 0 unspecified atom stereocenters. The van der Waals surface area contributed by atoms with Gasteiger partial charge >= 0.3 is 5.69 Å². The highest BCUT2D eigenvalue weighted by Gasteiger charge is 2.21. The maximum Gasteiger partial charge on any atom is 0.301 e. The number of nitrogens with zero attached hydrogens (tertiary/aromatic N) is 1. The molecule has 0 aliphatic carbocycles. The van der Waals surface area contributed by atoms with Crippen molar-refractivity contribution in [3.05, 3.63) is 74.6 Å². The van der Waals surface area contributed by atoms with Gasteiger partial charge < -0.3 is 4.98 Å². The first-order chi connectivity index (χ1) is 10.1. The summed E-state index contributed by atoms with van der Waals surface area (Å²) in [5.41, 5.74) is 1.50. The lowest BCUT2D eigenvalue weighted by Gasteiger charge is -2.06. The van der Waals surface area contributed by atoms with E-state index in [1.165, 1.54) is 0 Å². The molecular weight excluding hydrogens is 268 g/mol. The van der Waals surface area contributed by atoms with Gasteiger partial charge in [-0.2, -0.15) is 0 Å². The fourth-order valence-electron chi connectivity index (χ4n) is 2.38. The number of benzene rings is 2. The van der Waals surface area contributed by atoms with E-state index in [1.54, 1.807) is 36.4 Å². The van der Waals surface area contributed by atoms with E-state index < -0.39 is 4.92 Å². The number of hydrogen-bond acceptors (Lipinski definition) is 3. The summed E-state index contributed by atoms with van der Waals surface area (Å²) in [5.74, 6) is 0. The topological polar surface area (TPSA) is 76.0 Å². The Morgan fingerprint density at radius 1 is 1.00 bits per heavy atom. The Bertz CT molecular complexity index is 896. The van der Waals surface area contributed by atoms with Crippen LogP contribution in [-0.4, -0.2) is 9.91 Å². The molecule has 5 heteroatoms. The van der Waals surface area contributed by atoms with Gasteiger partial charge in [0.2, 0.25) is 0 Å². The maximum atomic E-state index is 12.1. The summed E-state index contributed by atoms with van der Waals surface area (Å²) >= 11 is 0. The van der Waals surface area contributed by atoms with Gasteiger partial charge in [-0.15, -0.1) is 0 Å². The molecule has 1 heterocycles. The van der Waals surface area contributed by atoms with Crippen molar-refractivity contribution in [1.29, 1.82) is 0 Å². The number of pyridine rings is 1. The SMILES string of the molecule is Cc1ccc(-c2[nH]c(=O)c3ccccc3c2[N+](=O)[O-])cc1. The van der Waals surface area contributed by atoms with E-state index in [1.807, 2.05) is 19.1 Å². The first kappa shape index (κ1) is 13.1. The molecule has 0 amide bonds. The molecule has 5 nitrogen and oxygen atoms in total. The molecule has 3 aromatic rings. The second kappa shape index (κ2) is 4.86. The molecule has 0 fully saturated rings. The predicted molar refractivity (Wildman–Crippen MR) is 81.4 cm³/mol. The monoisotopic (exact) mass is 280 g/mol. The quantitative estimate of drug-likeness (QED) is 0.577. The lowest BCUT2D eigenvalue weighted by Crippen LogP contribution is -2.10.